The highest BCUT2D eigenvalue weighted by Crippen LogP contribution is 2.36. The molecule has 7 nitrogen and oxygen atoms in total. The number of halogens is 1. The zero-order chi connectivity index (χ0) is 20.5. The molecule has 0 radical (unpaired) electrons. The Labute approximate surface area is 169 Å². The molecule has 0 fully saturated rings. The van der Waals surface area contributed by atoms with E-state index in [0.29, 0.717) is 52.4 Å². The van der Waals surface area contributed by atoms with Crippen LogP contribution in [0, 0.1) is 0 Å². The van der Waals surface area contributed by atoms with E-state index in [1.54, 1.807) is 30.3 Å². The summed E-state index contributed by atoms with van der Waals surface area (Å²) in [6.45, 7) is 4.69. The monoisotopic (exact) mass is 406 g/mol. The zero-order valence-electron chi connectivity index (χ0n) is 16.2. The van der Waals surface area contributed by atoms with Gasteiger partial charge in [-0.25, -0.2) is 5.43 Å². The molecular formula is C20H23ClN2O5. The first-order valence-corrected chi connectivity index (χ1v) is 9.06. The third-order valence-corrected chi connectivity index (χ3v) is 3.93. The van der Waals surface area contributed by atoms with E-state index in [-0.39, 0.29) is 5.91 Å². The van der Waals surface area contributed by atoms with Gasteiger partial charge in [-0.1, -0.05) is 11.6 Å². The van der Waals surface area contributed by atoms with Gasteiger partial charge >= 0.3 is 0 Å². The SMILES string of the molecule is CCOc1ccc(C(=O)N/N=C/c2cc(Cl)c(OCC)c(OC)c2)cc1OC. The number of nitrogens with zero attached hydrogens (tertiary/aromatic N) is 1. The van der Waals surface area contributed by atoms with Crippen LogP contribution in [0.4, 0.5) is 0 Å². The molecule has 0 aliphatic rings. The molecule has 0 aliphatic heterocycles. The molecule has 0 unspecified atom stereocenters. The second-order valence-electron chi connectivity index (χ2n) is 5.46. The van der Waals surface area contributed by atoms with Gasteiger partial charge in [0.15, 0.2) is 23.0 Å². The topological polar surface area (TPSA) is 78.4 Å². The Morgan fingerprint density at radius 3 is 2.39 bits per heavy atom. The van der Waals surface area contributed by atoms with Crippen molar-refractivity contribution in [1.29, 1.82) is 0 Å². The van der Waals surface area contributed by atoms with Gasteiger partial charge < -0.3 is 18.9 Å². The van der Waals surface area contributed by atoms with Crippen molar-refractivity contribution >= 4 is 23.7 Å². The van der Waals surface area contributed by atoms with Crippen molar-refractivity contribution in [2.45, 2.75) is 13.8 Å². The normalized spacial score (nSPS) is 10.6. The minimum Gasteiger partial charge on any atom is -0.493 e. The fourth-order valence-corrected chi connectivity index (χ4v) is 2.69. The molecule has 2 rings (SSSR count). The molecule has 0 aliphatic carbocycles. The lowest BCUT2D eigenvalue weighted by molar-refractivity contribution is 0.0954. The molecule has 0 saturated heterocycles. The Morgan fingerprint density at radius 1 is 1.04 bits per heavy atom. The zero-order valence-corrected chi connectivity index (χ0v) is 17.0. The summed E-state index contributed by atoms with van der Waals surface area (Å²) in [6, 6.07) is 8.29. The Balaban J connectivity index is 2.12. The van der Waals surface area contributed by atoms with Gasteiger partial charge in [0.1, 0.15) is 0 Å². The standard InChI is InChI=1S/C20H23ClN2O5/c1-5-27-16-8-7-14(11-17(16)25-3)20(24)23-22-12-13-9-15(21)19(28-6-2)18(10-13)26-4/h7-12H,5-6H2,1-4H3,(H,23,24)/b22-12+. The molecule has 28 heavy (non-hydrogen) atoms. The highest BCUT2D eigenvalue weighted by molar-refractivity contribution is 6.32. The fraction of sp³-hybridized carbons (Fsp3) is 0.300. The molecule has 0 spiro atoms. The average molecular weight is 407 g/mol. The van der Waals surface area contributed by atoms with Crippen LogP contribution in [0.2, 0.25) is 5.02 Å². The molecule has 2 aromatic carbocycles. The van der Waals surface area contributed by atoms with Crippen molar-refractivity contribution in [2.24, 2.45) is 5.10 Å². The molecule has 8 heteroatoms. The molecule has 1 amide bonds. The number of amides is 1. The predicted molar refractivity (Wildman–Crippen MR) is 108 cm³/mol. The third-order valence-electron chi connectivity index (χ3n) is 3.65. The number of carbonyl (C=O) groups excluding carboxylic acids is 1. The predicted octanol–water partition coefficient (Wildman–Crippen LogP) is 3.92. The van der Waals surface area contributed by atoms with Crippen LogP contribution in [-0.4, -0.2) is 39.6 Å². The van der Waals surface area contributed by atoms with Crippen molar-refractivity contribution in [3.8, 4) is 23.0 Å². The van der Waals surface area contributed by atoms with E-state index in [0.717, 1.165) is 0 Å². The minimum absolute atomic E-state index is 0.387. The fourth-order valence-electron chi connectivity index (χ4n) is 2.41. The third kappa shape index (κ3) is 5.29. The molecule has 150 valence electrons. The number of nitrogens with one attached hydrogen (secondary N) is 1. The first-order chi connectivity index (χ1) is 13.5. The van der Waals surface area contributed by atoms with Gasteiger partial charge in [0.25, 0.3) is 5.91 Å². The molecular weight excluding hydrogens is 384 g/mol. The largest absolute Gasteiger partial charge is 0.493 e. The van der Waals surface area contributed by atoms with Crippen LogP contribution >= 0.6 is 11.6 Å². The summed E-state index contributed by atoms with van der Waals surface area (Å²) < 4.78 is 21.4. The van der Waals surface area contributed by atoms with Gasteiger partial charge in [0.2, 0.25) is 0 Å². The number of benzene rings is 2. The average Bonchev–Trinajstić information content (AvgIpc) is 2.70. The molecule has 0 atom stereocenters. The summed E-state index contributed by atoms with van der Waals surface area (Å²) in [5, 5.41) is 4.37. The maximum Gasteiger partial charge on any atom is 0.271 e. The quantitative estimate of drug-likeness (QED) is 0.504. The second-order valence-corrected chi connectivity index (χ2v) is 5.87. The van der Waals surface area contributed by atoms with Crippen LogP contribution in [0.1, 0.15) is 29.8 Å². The Hall–Kier alpha value is -2.93. The van der Waals surface area contributed by atoms with Crippen molar-refractivity contribution in [3.63, 3.8) is 0 Å². The van der Waals surface area contributed by atoms with Crippen LogP contribution in [0.25, 0.3) is 0 Å². The molecule has 0 saturated carbocycles. The first-order valence-electron chi connectivity index (χ1n) is 8.68. The summed E-state index contributed by atoms with van der Waals surface area (Å²) in [6.07, 6.45) is 1.47. The Kier molecular flexibility index (Phi) is 7.95. The van der Waals surface area contributed by atoms with Gasteiger partial charge in [-0.15, -0.1) is 0 Å². The molecule has 0 heterocycles. The van der Waals surface area contributed by atoms with E-state index in [9.17, 15) is 4.79 Å². The Morgan fingerprint density at radius 2 is 1.75 bits per heavy atom. The van der Waals surface area contributed by atoms with Gasteiger partial charge in [0.05, 0.1) is 38.7 Å². The number of rotatable bonds is 9. The number of carbonyl (C=O) groups is 1. The van der Waals surface area contributed by atoms with E-state index in [1.165, 1.54) is 20.4 Å². The van der Waals surface area contributed by atoms with E-state index < -0.39 is 0 Å². The number of methoxy groups -OCH3 is 2. The molecule has 2 aromatic rings. The summed E-state index contributed by atoms with van der Waals surface area (Å²) >= 11 is 6.22. The van der Waals surface area contributed by atoms with Crippen molar-refractivity contribution in [1.82, 2.24) is 5.43 Å². The lowest BCUT2D eigenvalue weighted by Crippen LogP contribution is -2.17. The maximum atomic E-state index is 12.3. The van der Waals surface area contributed by atoms with Crippen LogP contribution in [0.15, 0.2) is 35.4 Å². The van der Waals surface area contributed by atoms with E-state index in [1.807, 2.05) is 13.8 Å². The molecule has 1 N–H and O–H groups in total. The number of hydrazone groups is 1. The number of hydrogen-bond acceptors (Lipinski definition) is 6. The smallest absolute Gasteiger partial charge is 0.271 e. The van der Waals surface area contributed by atoms with Crippen LogP contribution < -0.4 is 24.4 Å². The first kappa shape index (κ1) is 21.4. The van der Waals surface area contributed by atoms with Gasteiger partial charge in [-0.2, -0.15) is 5.10 Å². The van der Waals surface area contributed by atoms with Crippen LogP contribution in [-0.2, 0) is 0 Å². The Bertz CT molecular complexity index is 855. The summed E-state index contributed by atoms with van der Waals surface area (Å²) in [5.74, 6) is 1.61. The highest BCUT2D eigenvalue weighted by Gasteiger charge is 2.12. The number of ether oxygens (including phenoxy) is 4. The van der Waals surface area contributed by atoms with Gasteiger partial charge in [-0.05, 0) is 49.7 Å². The van der Waals surface area contributed by atoms with Crippen LogP contribution in [0.5, 0.6) is 23.0 Å². The molecule has 0 aromatic heterocycles. The highest BCUT2D eigenvalue weighted by atomic mass is 35.5. The van der Waals surface area contributed by atoms with E-state index in [4.69, 9.17) is 30.5 Å². The van der Waals surface area contributed by atoms with Crippen molar-refractivity contribution in [2.75, 3.05) is 27.4 Å². The maximum absolute atomic E-state index is 12.3. The summed E-state index contributed by atoms with van der Waals surface area (Å²) in [5.41, 5.74) is 3.50. The number of hydrogen-bond donors (Lipinski definition) is 1. The van der Waals surface area contributed by atoms with Crippen molar-refractivity contribution < 1.29 is 23.7 Å². The van der Waals surface area contributed by atoms with Gasteiger partial charge in [-0.3, -0.25) is 4.79 Å². The van der Waals surface area contributed by atoms with Gasteiger partial charge in [0, 0.05) is 5.56 Å². The summed E-state index contributed by atoms with van der Waals surface area (Å²) in [7, 11) is 3.04. The lowest BCUT2D eigenvalue weighted by atomic mass is 10.2. The van der Waals surface area contributed by atoms with E-state index in [2.05, 4.69) is 10.5 Å². The minimum atomic E-state index is -0.387. The van der Waals surface area contributed by atoms with Crippen LogP contribution in [0.3, 0.4) is 0 Å². The molecule has 0 bridgehead atoms. The van der Waals surface area contributed by atoms with Crippen molar-refractivity contribution in [3.05, 3.63) is 46.5 Å². The second kappa shape index (κ2) is 10.4. The van der Waals surface area contributed by atoms with E-state index >= 15 is 0 Å². The lowest BCUT2D eigenvalue weighted by Gasteiger charge is -2.11. The summed E-state index contributed by atoms with van der Waals surface area (Å²) in [4.78, 5) is 12.3.